The number of likely N-dealkylation sites (N-methyl/N-ethyl adjacent to an activating group) is 1. The zero-order valence-electron chi connectivity index (χ0n) is 9.70. The molecule has 0 aromatic carbocycles. The molecule has 1 N–H and O–H groups in total. The monoisotopic (exact) mass is 287 g/mol. The maximum Gasteiger partial charge on any atom is 0.137 e. The Kier molecular flexibility index (Phi) is 4.05. The summed E-state index contributed by atoms with van der Waals surface area (Å²) >= 11 is 3.51. The van der Waals surface area contributed by atoms with Crippen LogP contribution in [0.25, 0.3) is 0 Å². The molecule has 16 heavy (non-hydrogen) atoms. The smallest absolute Gasteiger partial charge is 0.137 e. The van der Waals surface area contributed by atoms with Crippen LogP contribution in [0, 0.1) is 0 Å². The summed E-state index contributed by atoms with van der Waals surface area (Å²) in [7, 11) is 0. The Hall–Kier alpha value is -0.320. The lowest BCUT2D eigenvalue weighted by molar-refractivity contribution is 0.0269. The predicted octanol–water partition coefficient (Wildman–Crippen LogP) is 3.26. The summed E-state index contributed by atoms with van der Waals surface area (Å²) in [5.41, 5.74) is 0. The van der Waals surface area contributed by atoms with Gasteiger partial charge in [0.15, 0.2) is 0 Å². The maximum absolute atomic E-state index is 5.91. The second kappa shape index (κ2) is 5.34. The molecule has 0 bridgehead atoms. The fourth-order valence-electron chi connectivity index (χ4n) is 2.22. The van der Waals surface area contributed by atoms with E-state index < -0.39 is 0 Å². The Morgan fingerprint density at radius 2 is 2.38 bits per heavy atom. The average molecular weight is 288 g/mol. The SMILES string of the molecule is CCNC(c1occc1Br)C1CCC(C)O1. The molecule has 1 aliphatic rings. The fraction of sp³-hybridized carbons (Fsp3) is 0.667. The molecule has 1 saturated heterocycles. The van der Waals surface area contributed by atoms with Crippen molar-refractivity contribution in [3.8, 4) is 0 Å². The number of hydrogen-bond acceptors (Lipinski definition) is 3. The second-order valence-corrected chi connectivity index (χ2v) is 5.08. The van der Waals surface area contributed by atoms with E-state index in [9.17, 15) is 0 Å². The molecule has 1 fully saturated rings. The zero-order chi connectivity index (χ0) is 11.5. The number of rotatable bonds is 4. The summed E-state index contributed by atoms with van der Waals surface area (Å²) in [6.07, 6.45) is 4.51. The molecule has 0 aliphatic carbocycles. The van der Waals surface area contributed by atoms with Crippen LogP contribution in [-0.2, 0) is 4.74 Å². The van der Waals surface area contributed by atoms with Crippen LogP contribution in [0.5, 0.6) is 0 Å². The molecule has 1 aromatic heterocycles. The molecule has 1 aromatic rings. The molecule has 4 heteroatoms. The predicted molar refractivity (Wildman–Crippen MR) is 66.4 cm³/mol. The van der Waals surface area contributed by atoms with E-state index in [0.29, 0.717) is 6.10 Å². The molecule has 0 spiro atoms. The first-order valence-electron chi connectivity index (χ1n) is 5.84. The average Bonchev–Trinajstić information content (AvgIpc) is 2.84. The van der Waals surface area contributed by atoms with E-state index >= 15 is 0 Å². The van der Waals surface area contributed by atoms with Gasteiger partial charge in [0.05, 0.1) is 29.0 Å². The number of nitrogens with one attached hydrogen (secondary N) is 1. The van der Waals surface area contributed by atoms with E-state index in [2.05, 4.69) is 35.1 Å². The van der Waals surface area contributed by atoms with Gasteiger partial charge in [-0.3, -0.25) is 0 Å². The van der Waals surface area contributed by atoms with Gasteiger partial charge in [-0.05, 0) is 48.3 Å². The first kappa shape index (κ1) is 12.1. The van der Waals surface area contributed by atoms with Crippen molar-refractivity contribution in [1.82, 2.24) is 5.32 Å². The van der Waals surface area contributed by atoms with Crippen molar-refractivity contribution < 1.29 is 9.15 Å². The van der Waals surface area contributed by atoms with Gasteiger partial charge in [-0.2, -0.15) is 0 Å². The minimum Gasteiger partial charge on any atom is -0.466 e. The summed E-state index contributed by atoms with van der Waals surface area (Å²) < 4.78 is 12.5. The highest BCUT2D eigenvalue weighted by molar-refractivity contribution is 9.10. The number of hydrogen-bond donors (Lipinski definition) is 1. The third-order valence-corrected chi connectivity index (χ3v) is 3.64. The van der Waals surface area contributed by atoms with Crippen LogP contribution in [0.2, 0.25) is 0 Å². The van der Waals surface area contributed by atoms with Crippen LogP contribution in [-0.4, -0.2) is 18.8 Å². The van der Waals surface area contributed by atoms with Gasteiger partial charge in [0.2, 0.25) is 0 Å². The first-order valence-corrected chi connectivity index (χ1v) is 6.63. The van der Waals surface area contributed by atoms with Gasteiger partial charge in [0.1, 0.15) is 5.76 Å². The third-order valence-electron chi connectivity index (χ3n) is 2.99. The van der Waals surface area contributed by atoms with Crippen molar-refractivity contribution in [2.75, 3.05) is 6.54 Å². The minimum atomic E-state index is 0.152. The lowest BCUT2D eigenvalue weighted by Crippen LogP contribution is -2.32. The molecule has 90 valence electrons. The molecule has 1 aliphatic heterocycles. The van der Waals surface area contributed by atoms with E-state index in [4.69, 9.17) is 9.15 Å². The van der Waals surface area contributed by atoms with Crippen LogP contribution < -0.4 is 5.32 Å². The van der Waals surface area contributed by atoms with Crippen molar-refractivity contribution >= 4 is 15.9 Å². The summed E-state index contributed by atoms with van der Waals surface area (Å²) in [5.74, 6) is 0.945. The molecule has 3 atom stereocenters. The van der Waals surface area contributed by atoms with E-state index in [0.717, 1.165) is 29.6 Å². The van der Waals surface area contributed by atoms with E-state index in [1.165, 1.54) is 0 Å². The van der Waals surface area contributed by atoms with Crippen LogP contribution in [0.15, 0.2) is 21.2 Å². The zero-order valence-corrected chi connectivity index (χ0v) is 11.3. The quantitative estimate of drug-likeness (QED) is 0.923. The Bertz CT molecular complexity index is 340. The second-order valence-electron chi connectivity index (χ2n) is 4.23. The fourth-order valence-corrected chi connectivity index (χ4v) is 2.67. The summed E-state index contributed by atoms with van der Waals surface area (Å²) in [6.45, 7) is 5.13. The Morgan fingerprint density at radius 1 is 1.56 bits per heavy atom. The molecule has 2 rings (SSSR count). The van der Waals surface area contributed by atoms with E-state index in [1.54, 1.807) is 6.26 Å². The molecular weight excluding hydrogens is 270 g/mol. The van der Waals surface area contributed by atoms with Crippen molar-refractivity contribution in [3.63, 3.8) is 0 Å². The van der Waals surface area contributed by atoms with Crippen molar-refractivity contribution in [1.29, 1.82) is 0 Å². The number of ether oxygens (including phenoxy) is 1. The molecule has 0 radical (unpaired) electrons. The highest BCUT2D eigenvalue weighted by atomic mass is 79.9. The molecular formula is C12H18BrNO2. The van der Waals surface area contributed by atoms with Gasteiger partial charge in [-0.1, -0.05) is 6.92 Å². The third kappa shape index (κ3) is 2.50. The summed E-state index contributed by atoms with van der Waals surface area (Å²) in [6, 6.07) is 2.08. The highest BCUT2D eigenvalue weighted by Gasteiger charge is 2.32. The van der Waals surface area contributed by atoms with Crippen molar-refractivity contribution in [2.45, 2.75) is 44.9 Å². The van der Waals surface area contributed by atoms with Crippen LogP contribution in [0.4, 0.5) is 0 Å². The van der Waals surface area contributed by atoms with Gasteiger partial charge >= 0.3 is 0 Å². The van der Waals surface area contributed by atoms with Crippen LogP contribution in [0.1, 0.15) is 38.5 Å². The Labute approximate surface area is 105 Å². The molecule has 2 heterocycles. The van der Waals surface area contributed by atoms with Gasteiger partial charge in [0.25, 0.3) is 0 Å². The first-order chi connectivity index (χ1) is 7.72. The van der Waals surface area contributed by atoms with Gasteiger partial charge in [0, 0.05) is 0 Å². The van der Waals surface area contributed by atoms with E-state index in [1.807, 2.05) is 6.07 Å². The number of halogens is 1. The lowest BCUT2D eigenvalue weighted by atomic mass is 10.1. The molecule has 3 unspecified atom stereocenters. The standard InChI is InChI=1S/C12H18BrNO2/c1-3-14-11(10-5-4-8(2)16-10)12-9(13)6-7-15-12/h6-8,10-11,14H,3-5H2,1-2H3. The van der Waals surface area contributed by atoms with Gasteiger partial charge < -0.3 is 14.5 Å². The Morgan fingerprint density at radius 3 is 2.88 bits per heavy atom. The summed E-state index contributed by atoms with van der Waals surface area (Å²) in [4.78, 5) is 0. The normalized spacial score (nSPS) is 27.2. The minimum absolute atomic E-state index is 0.152. The maximum atomic E-state index is 5.91. The number of furan rings is 1. The molecule has 0 amide bonds. The highest BCUT2D eigenvalue weighted by Crippen LogP contribution is 2.33. The molecule has 3 nitrogen and oxygen atoms in total. The van der Waals surface area contributed by atoms with Crippen LogP contribution >= 0.6 is 15.9 Å². The molecule has 0 saturated carbocycles. The van der Waals surface area contributed by atoms with Crippen LogP contribution in [0.3, 0.4) is 0 Å². The lowest BCUT2D eigenvalue weighted by Gasteiger charge is -2.22. The van der Waals surface area contributed by atoms with Gasteiger partial charge in [-0.15, -0.1) is 0 Å². The summed E-state index contributed by atoms with van der Waals surface area (Å²) in [5, 5.41) is 3.44. The largest absolute Gasteiger partial charge is 0.466 e. The van der Waals surface area contributed by atoms with Crippen molar-refractivity contribution in [2.24, 2.45) is 0 Å². The topological polar surface area (TPSA) is 34.4 Å². The van der Waals surface area contributed by atoms with Crippen molar-refractivity contribution in [3.05, 3.63) is 22.6 Å². The Balaban J connectivity index is 2.14. The van der Waals surface area contributed by atoms with Gasteiger partial charge in [-0.25, -0.2) is 0 Å². The van der Waals surface area contributed by atoms with E-state index in [-0.39, 0.29) is 12.1 Å².